The largest absolute Gasteiger partial charge is 0.397 e. The predicted molar refractivity (Wildman–Crippen MR) is 69.8 cm³/mol. The number of aliphatic hydroxyl groups is 1. The Morgan fingerprint density at radius 3 is 2.86 bits per heavy atom. The van der Waals surface area contributed by atoms with Crippen molar-refractivity contribution in [3.05, 3.63) is 22.5 Å². The number of halogens is 1. The van der Waals surface area contributed by atoms with Crippen LogP contribution in [0.2, 0.25) is 0 Å². The third-order valence-corrected chi connectivity index (χ3v) is 3.66. The van der Waals surface area contributed by atoms with Crippen molar-refractivity contribution in [3.63, 3.8) is 0 Å². The summed E-state index contributed by atoms with van der Waals surface area (Å²) in [4.78, 5) is 15.0. The first-order valence-electron chi connectivity index (χ1n) is 6.13. The maximum absolute atomic E-state index is 13.4. The Morgan fingerprint density at radius 1 is 1.59 bits per heavy atom. The van der Waals surface area contributed by atoms with Crippen LogP contribution in [0.4, 0.5) is 10.2 Å². The maximum Gasteiger partial charge on any atom is 0.397 e. The van der Waals surface area contributed by atoms with Crippen LogP contribution in [0.5, 0.6) is 0 Å². The van der Waals surface area contributed by atoms with Gasteiger partial charge in [-0.05, 0) is 0 Å². The Hall–Kier alpha value is -1.60. The van der Waals surface area contributed by atoms with Crippen LogP contribution in [0.25, 0.3) is 0 Å². The van der Waals surface area contributed by atoms with Crippen molar-refractivity contribution >= 4 is 16.2 Å². The molecule has 0 amide bonds. The highest BCUT2D eigenvalue weighted by Crippen LogP contribution is 2.26. The van der Waals surface area contributed by atoms with Crippen LogP contribution in [0.15, 0.2) is 11.0 Å². The topological polar surface area (TPSA) is 154 Å². The van der Waals surface area contributed by atoms with Gasteiger partial charge in [-0.1, -0.05) is 0 Å². The minimum absolute atomic E-state index is 0.110. The highest BCUT2D eigenvalue weighted by Gasteiger charge is 2.36. The van der Waals surface area contributed by atoms with Gasteiger partial charge in [-0.3, -0.25) is 9.12 Å². The van der Waals surface area contributed by atoms with E-state index < -0.39 is 52.6 Å². The normalized spacial score (nSPS) is 26.0. The molecule has 3 atom stereocenters. The Bertz CT molecular complexity index is 707. The van der Waals surface area contributed by atoms with Crippen LogP contribution in [-0.4, -0.2) is 53.0 Å². The number of ether oxygens (including phenoxy) is 1. The molecule has 4 N–H and O–H groups in total. The lowest BCUT2D eigenvalue weighted by Crippen LogP contribution is -2.46. The van der Waals surface area contributed by atoms with Crippen molar-refractivity contribution in [1.29, 1.82) is 0 Å². The zero-order chi connectivity index (χ0) is 16.5. The molecule has 12 heteroatoms. The average Bonchev–Trinajstić information content (AvgIpc) is 2.41. The lowest BCUT2D eigenvalue weighted by atomic mass is 10.0. The maximum atomic E-state index is 13.4. The molecule has 10 nitrogen and oxygen atoms in total. The standard InChI is InChI=1S/C10H14FN3O7S/c11-6-2-14(10(16)13-9(6)12)5-1-7(21-22(17,18)19)8(3-15)20-4-5/h2,5,7-8,15H,1,3-4H2,(H2,12,13,16)(H,17,18,19). The van der Waals surface area contributed by atoms with Gasteiger partial charge in [0.15, 0.2) is 11.6 Å². The van der Waals surface area contributed by atoms with Crippen LogP contribution in [-0.2, 0) is 19.3 Å². The monoisotopic (exact) mass is 339 g/mol. The highest BCUT2D eigenvalue weighted by molar-refractivity contribution is 7.80. The van der Waals surface area contributed by atoms with E-state index in [9.17, 15) is 17.6 Å². The number of hydrogen-bond acceptors (Lipinski definition) is 8. The SMILES string of the molecule is Nc1nc(=O)n(C2COC(CO)C(OS(=O)(=O)O)C2)cc1F. The molecule has 0 saturated carbocycles. The van der Waals surface area contributed by atoms with Gasteiger partial charge in [-0.15, -0.1) is 0 Å². The summed E-state index contributed by atoms with van der Waals surface area (Å²) in [5.74, 6) is -1.48. The molecule has 0 spiro atoms. The smallest absolute Gasteiger partial charge is 0.394 e. The summed E-state index contributed by atoms with van der Waals surface area (Å²) < 4.78 is 54.3. The number of nitrogens with two attached hydrogens (primary N) is 1. The number of anilines is 1. The van der Waals surface area contributed by atoms with E-state index in [0.717, 1.165) is 10.8 Å². The van der Waals surface area contributed by atoms with Gasteiger partial charge in [-0.25, -0.2) is 13.4 Å². The van der Waals surface area contributed by atoms with Gasteiger partial charge in [-0.2, -0.15) is 13.4 Å². The van der Waals surface area contributed by atoms with E-state index in [1.807, 2.05) is 0 Å². The molecule has 1 fully saturated rings. The van der Waals surface area contributed by atoms with Crippen molar-refractivity contribution in [2.24, 2.45) is 0 Å². The molecule has 124 valence electrons. The Kier molecular flexibility index (Phi) is 4.77. The molecule has 22 heavy (non-hydrogen) atoms. The zero-order valence-corrected chi connectivity index (χ0v) is 11.9. The first-order chi connectivity index (χ1) is 10.2. The van der Waals surface area contributed by atoms with E-state index in [2.05, 4.69) is 9.17 Å². The zero-order valence-electron chi connectivity index (χ0n) is 11.1. The number of aliphatic hydroxyl groups excluding tert-OH is 1. The van der Waals surface area contributed by atoms with Gasteiger partial charge in [0.2, 0.25) is 0 Å². The van der Waals surface area contributed by atoms with Crippen molar-refractivity contribution < 1.29 is 31.4 Å². The molecular weight excluding hydrogens is 325 g/mol. The van der Waals surface area contributed by atoms with Gasteiger partial charge in [0, 0.05) is 12.6 Å². The second-order valence-electron chi connectivity index (χ2n) is 4.67. The number of nitrogen functional groups attached to an aromatic ring is 1. The van der Waals surface area contributed by atoms with Crippen LogP contribution < -0.4 is 11.4 Å². The van der Waals surface area contributed by atoms with Crippen molar-refractivity contribution in [3.8, 4) is 0 Å². The van der Waals surface area contributed by atoms with E-state index in [1.165, 1.54) is 0 Å². The second kappa shape index (κ2) is 6.26. The molecule has 2 heterocycles. The lowest BCUT2D eigenvalue weighted by molar-refractivity contribution is -0.104. The molecule has 1 aromatic rings. The van der Waals surface area contributed by atoms with Crippen molar-refractivity contribution in [1.82, 2.24) is 9.55 Å². The van der Waals surface area contributed by atoms with Gasteiger partial charge in [0.25, 0.3) is 0 Å². The first kappa shape index (κ1) is 16.8. The highest BCUT2D eigenvalue weighted by atomic mass is 32.3. The predicted octanol–water partition coefficient (Wildman–Crippen LogP) is -1.53. The lowest BCUT2D eigenvalue weighted by Gasteiger charge is -2.34. The second-order valence-corrected chi connectivity index (χ2v) is 5.72. The molecule has 1 aromatic heterocycles. The fourth-order valence-electron chi connectivity index (χ4n) is 2.17. The Morgan fingerprint density at radius 2 is 2.27 bits per heavy atom. The summed E-state index contributed by atoms with van der Waals surface area (Å²) >= 11 is 0. The summed E-state index contributed by atoms with van der Waals surface area (Å²) in [6.07, 6.45) is -1.56. The van der Waals surface area contributed by atoms with Crippen LogP contribution in [0.1, 0.15) is 12.5 Å². The number of rotatable bonds is 4. The van der Waals surface area contributed by atoms with E-state index in [1.54, 1.807) is 0 Å². The van der Waals surface area contributed by atoms with Gasteiger partial charge in [0.05, 0.1) is 19.3 Å². The molecule has 0 aliphatic carbocycles. The number of nitrogens with zero attached hydrogens (tertiary/aromatic N) is 2. The van der Waals surface area contributed by atoms with Gasteiger partial charge >= 0.3 is 16.1 Å². The van der Waals surface area contributed by atoms with Crippen molar-refractivity contribution in [2.75, 3.05) is 18.9 Å². The molecule has 0 bridgehead atoms. The quantitative estimate of drug-likeness (QED) is 0.554. The van der Waals surface area contributed by atoms with Crippen LogP contribution in [0, 0.1) is 5.82 Å². The molecule has 3 unspecified atom stereocenters. The van der Waals surface area contributed by atoms with Crippen LogP contribution in [0.3, 0.4) is 0 Å². The fraction of sp³-hybridized carbons (Fsp3) is 0.600. The van der Waals surface area contributed by atoms with E-state index in [0.29, 0.717) is 0 Å². The van der Waals surface area contributed by atoms with Gasteiger partial charge < -0.3 is 15.6 Å². The summed E-state index contributed by atoms with van der Waals surface area (Å²) in [6, 6.07) is -0.801. The number of hydrogen-bond donors (Lipinski definition) is 3. The average molecular weight is 339 g/mol. The molecule has 0 aromatic carbocycles. The molecular formula is C10H14FN3O7S. The Labute approximate surface area is 124 Å². The minimum Gasteiger partial charge on any atom is -0.394 e. The summed E-state index contributed by atoms with van der Waals surface area (Å²) in [7, 11) is -4.79. The van der Waals surface area contributed by atoms with E-state index in [4.69, 9.17) is 20.1 Å². The third kappa shape index (κ3) is 3.78. The minimum atomic E-state index is -4.79. The number of aromatic nitrogens is 2. The summed E-state index contributed by atoms with van der Waals surface area (Å²) in [6.45, 7) is -0.669. The summed E-state index contributed by atoms with van der Waals surface area (Å²) in [5, 5.41) is 9.11. The van der Waals surface area contributed by atoms with Gasteiger partial charge in [0.1, 0.15) is 12.2 Å². The Balaban J connectivity index is 2.27. The van der Waals surface area contributed by atoms with Crippen molar-refractivity contribution in [2.45, 2.75) is 24.7 Å². The van der Waals surface area contributed by atoms with E-state index in [-0.39, 0.29) is 13.0 Å². The van der Waals surface area contributed by atoms with Crippen LogP contribution >= 0.6 is 0 Å². The molecule has 0 radical (unpaired) electrons. The molecule has 2 rings (SSSR count). The van der Waals surface area contributed by atoms with E-state index >= 15 is 0 Å². The molecule has 1 aliphatic heterocycles. The summed E-state index contributed by atoms with van der Waals surface area (Å²) in [5.41, 5.74) is 4.33. The molecule has 1 aliphatic rings. The third-order valence-electron chi connectivity index (χ3n) is 3.17. The molecule has 1 saturated heterocycles. The fourth-order valence-corrected chi connectivity index (χ4v) is 2.69. The first-order valence-corrected chi connectivity index (χ1v) is 7.50.